The highest BCUT2D eigenvalue weighted by molar-refractivity contribution is 9.10. The Kier molecular flexibility index (Phi) is 3.01. The highest BCUT2D eigenvalue weighted by atomic mass is 79.9. The molecule has 0 atom stereocenters. The quantitative estimate of drug-likeness (QED) is 0.664. The highest BCUT2D eigenvalue weighted by Crippen LogP contribution is 2.30. The maximum absolute atomic E-state index is 12.7. The Labute approximate surface area is 80.5 Å². The summed E-state index contributed by atoms with van der Waals surface area (Å²) in [5.74, 6) is -0.957. The van der Waals surface area contributed by atoms with E-state index in [1.807, 2.05) is 0 Å². The molecule has 0 amide bonds. The normalized spacial score (nSPS) is 10.8. The molecule has 0 spiro atoms. The van der Waals surface area contributed by atoms with Crippen molar-refractivity contribution in [2.45, 2.75) is 6.43 Å². The van der Waals surface area contributed by atoms with E-state index in [-0.39, 0.29) is 9.50 Å². The van der Waals surface area contributed by atoms with Crippen LogP contribution in [0.2, 0.25) is 5.02 Å². The Morgan fingerprint density at radius 1 is 1.33 bits per heavy atom. The topological polar surface area (TPSA) is 0 Å². The van der Waals surface area contributed by atoms with Gasteiger partial charge in [-0.05, 0) is 28.1 Å². The van der Waals surface area contributed by atoms with Crippen LogP contribution in [0, 0.1) is 5.82 Å². The zero-order valence-corrected chi connectivity index (χ0v) is 7.96. The van der Waals surface area contributed by atoms with Crippen LogP contribution in [0.1, 0.15) is 12.0 Å². The third-order valence-electron chi connectivity index (χ3n) is 1.27. The summed E-state index contributed by atoms with van der Waals surface area (Å²) >= 11 is 8.40. The van der Waals surface area contributed by atoms with Gasteiger partial charge in [0.1, 0.15) is 5.82 Å². The summed E-state index contributed by atoms with van der Waals surface area (Å²) in [5, 5.41) is 0.0756. The smallest absolute Gasteiger partial charge is 0.206 e. The van der Waals surface area contributed by atoms with E-state index < -0.39 is 17.8 Å². The van der Waals surface area contributed by atoms with E-state index >= 15 is 0 Å². The summed E-state index contributed by atoms with van der Waals surface area (Å²) in [7, 11) is 0. The average molecular weight is 259 g/mol. The van der Waals surface area contributed by atoms with Gasteiger partial charge >= 0.3 is 0 Å². The molecule has 1 rings (SSSR count). The van der Waals surface area contributed by atoms with Crippen LogP contribution in [0.4, 0.5) is 13.2 Å². The standard InChI is InChI=1S/C7H3BrClF3/c8-4-2-6(10)3(7(11)12)1-5(4)9/h1-2,7H. The Hall–Kier alpha value is -0.220. The van der Waals surface area contributed by atoms with Crippen molar-refractivity contribution in [2.24, 2.45) is 0 Å². The van der Waals surface area contributed by atoms with Crippen LogP contribution in [-0.4, -0.2) is 0 Å². The van der Waals surface area contributed by atoms with E-state index in [2.05, 4.69) is 15.9 Å². The van der Waals surface area contributed by atoms with Gasteiger partial charge in [-0.3, -0.25) is 0 Å². The van der Waals surface area contributed by atoms with E-state index in [1.165, 1.54) is 0 Å². The maximum atomic E-state index is 12.7. The number of hydrogen-bond donors (Lipinski definition) is 0. The molecule has 0 aliphatic heterocycles. The van der Waals surface area contributed by atoms with Gasteiger partial charge in [0.05, 0.1) is 10.6 Å². The molecule has 0 saturated heterocycles. The highest BCUT2D eigenvalue weighted by Gasteiger charge is 2.15. The van der Waals surface area contributed by atoms with Gasteiger partial charge in [-0.25, -0.2) is 13.2 Å². The Morgan fingerprint density at radius 2 is 1.92 bits per heavy atom. The monoisotopic (exact) mass is 258 g/mol. The van der Waals surface area contributed by atoms with Gasteiger partial charge in [-0.15, -0.1) is 0 Å². The molecule has 12 heavy (non-hydrogen) atoms. The first-order valence-corrected chi connectivity index (χ1v) is 4.12. The minimum atomic E-state index is -2.84. The van der Waals surface area contributed by atoms with Crippen molar-refractivity contribution in [3.63, 3.8) is 0 Å². The largest absolute Gasteiger partial charge is 0.266 e. The molecule has 0 fully saturated rings. The number of halogens is 5. The lowest BCUT2D eigenvalue weighted by Gasteiger charge is -2.03. The number of alkyl halides is 2. The Bertz CT molecular complexity index is 301. The second kappa shape index (κ2) is 3.66. The molecule has 0 unspecified atom stereocenters. The van der Waals surface area contributed by atoms with Crippen LogP contribution < -0.4 is 0 Å². The molecular weight excluding hydrogens is 256 g/mol. The summed E-state index contributed by atoms with van der Waals surface area (Å²) in [6.45, 7) is 0. The Morgan fingerprint density at radius 3 is 2.42 bits per heavy atom. The minimum absolute atomic E-state index is 0.0756. The van der Waals surface area contributed by atoms with E-state index in [0.717, 1.165) is 12.1 Å². The minimum Gasteiger partial charge on any atom is -0.206 e. The van der Waals surface area contributed by atoms with Gasteiger partial charge in [0.25, 0.3) is 6.43 Å². The molecule has 0 heterocycles. The van der Waals surface area contributed by atoms with Crippen LogP contribution in [0.3, 0.4) is 0 Å². The fourth-order valence-corrected chi connectivity index (χ4v) is 1.19. The van der Waals surface area contributed by atoms with Gasteiger partial charge < -0.3 is 0 Å². The zero-order chi connectivity index (χ0) is 9.30. The predicted molar refractivity (Wildman–Crippen MR) is 44.1 cm³/mol. The van der Waals surface area contributed by atoms with Gasteiger partial charge in [-0.1, -0.05) is 11.6 Å². The van der Waals surface area contributed by atoms with Crippen molar-refractivity contribution >= 4 is 27.5 Å². The number of benzene rings is 1. The lowest BCUT2D eigenvalue weighted by molar-refractivity contribution is 0.146. The molecule has 66 valence electrons. The van der Waals surface area contributed by atoms with Crippen LogP contribution in [0.25, 0.3) is 0 Å². The van der Waals surface area contributed by atoms with Gasteiger partial charge in [-0.2, -0.15) is 0 Å². The molecular formula is C7H3BrClF3. The van der Waals surface area contributed by atoms with Crippen molar-refractivity contribution < 1.29 is 13.2 Å². The first-order valence-electron chi connectivity index (χ1n) is 2.95. The predicted octanol–water partition coefficient (Wildman–Crippen LogP) is 4.18. The second-order valence-electron chi connectivity index (χ2n) is 2.09. The summed E-state index contributed by atoms with van der Waals surface area (Å²) in [4.78, 5) is 0. The fraction of sp³-hybridized carbons (Fsp3) is 0.143. The summed E-state index contributed by atoms with van der Waals surface area (Å²) in [6, 6.07) is 1.83. The molecule has 0 bridgehead atoms. The van der Waals surface area contributed by atoms with Crippen molar-refractivity contribution in [3.05, 3.63) is 33.0 Å². The molecule has 1 aromatic rings. The second-order valence-corrected chi connectivity index (χ2v) is 3.35. The Balaban J connectivity index is 3.23. The third kappa shape index (κ3) is 1.93. The van der Waals surface area contributed by atoms with Crippen LogP contribution in [0.15, 0.2) is 16.6 Å². The SMILES string of the molecule is Fc1cc(Br)c(Cl)cc1C(F)F. The maximum Gasteiger partial charge on any atom is 0.266 e. The van der Waals surface area contributed by atoms with Crippen molar-refractivity contribution in [1.82, 2.24) is 0 Å². The molecule has 0 aliphatic carbocycles. The summed E-state index contributed by atoms with van der Waals surface area (Å²) in [6.07, 6.45) is -2.84. The summed E-state index contributed by atoms with van der Waals surface area (Å²) in [5.41, 5.74) is -0.678. The van der Waals surface area contributed by atoms with Gasteiger partial charge in [0.15, 0.2) is 0 Å². The number of rotatable bonds is 1. The van der Waals surface area contributed by atoms with Gasteiger partial charge in [0, 0.05) is 4.47 Å². The molecule has 0 nitrogen and oxygen atoms in total. The van der Waals surface area contributed by atoms with Gasteiger partial charge in [0.2, 0.25) is 0 Å². The van der Waals surface area contributed by atoms with E-state index in [9.17, 15) is 13.2 Å². The average Bonchev–Trinajstić information content (AvgIpc) is 1.96. The zero-order valence-electron chi connectivity index (χ0n) is 5.62. The molecule has 0 aromatic heterocycles. The first-order chi connectivity index (χ1) is 5.52. The lowest BCUT2D eigenvalue weighted by Crippen LogP contribution is -1.90. The van der Waals surface area contributed by atoms with Crippen molar-refractivity contribution in [3.8, 4) is 0 Å². The van der Waals surface area contributed by atoms with Crippen LogP contribution in [0.5, 0.6) is 0 Å². The van der Waals surface area contributed by atoms with E-state index in [0.29, 0.717) is 0 Å². The van der Waals surface area contributed by atoms with Crippen molar-refractivity contribution in [1.29, 1.82) is 0 Å². The molecule has 0 saturated carbocycles. The number of hydrogen-bond acceptors (Lipinski definition) is 0. The van der Waals surface area contributed by atoms with E-state index in [1.54, 1.807) is 0 Å². The molecule has 0 aliphatic rings. The molecule has 0 N–H and O–H groups in total. The van der Waals surface area contributed by atoms with E-state index in [4.69, 9.17) is 11.6 Å². The fourth-order valence-electron chi connectivity index (χ4n) is 0.705. The molecule has 0 radical (unpaired) electrons. The molecule has 1 aromatic carbocycles. The third-order valence-corrected chi connectivity index (χ3v) is 2.47. The summed E-state index contributed by atoms with van der Waals surface area (Å²) < 4.78 is 37.0. The molecule has 5 heteroatoms. The lowest BCUT2D eigenvalue weighted by atomic mass is 10.2. The van der Waals surface area contributed by atoms with Crippen molar-refractivity contribution in [2.75, 3.05) is 0 Å². The van der Waals surface area contributed by atoms with Crippen LogP contribution in [-0.2, 0) is 0 Å². The van der Waals surface area contributed by atoms with Crippen LogP contribution >= 0.6 is 27.5 Å². The first kappa shape index (κ1) is 9.86.